The number of aromatic nitrogens is 1. The van der Waals surface area contributed by atoms with Crippen LogP contribution >= 0.6 is 11.5 Å². The number of hydrogen-bond acceptors (Lipinski definition) is 7. The Balaban J connectivity index is 1.50. The Morgan fingerprint density at radius 2 is 2.06 bits per heavy atom. The molecule has 1 aliphatic heterocycles. The van der Waals surface area contributed by atoms with E-state index in [1.54, 1.807) is 6.92 Å². The molecule has 2 heterocycles. The van der Waals surface area contributed by atoms with Crippen LogP contribution < -0.4 is 21.1 Å². The highest BCUT2D eigenvalue weighted by Crippen LogP contribution is 2.31. The second-order valence-electron chi connectivity index (χ2n) is 7.88. The number of nitrogens with zero attached hydrogens (tertiary/aromatic N) is 2. The summed E-state index contributed by atoms with van der Waals surface area (Å²) in [6.45, 7) is 3.89. The van der Waals surface area contributed by atoms with Crippen LogP contribution in [-0.2, 0) is 6.61 Å². The first-order chi connectivity index (χ1) is 15.7. The molecule has 1 aromatic heterocycles. The Labute approximate surface area is 194 Å². The predicted octanol–water partition coefficient (Wildman–Crippen LogP) is 2.38. The van der Waals surface area contributed by atoms with E-state index in [1.165, 1.54) is 12.1 Å². The number of aliphatic hydroxyl groups is 1. The molecule has 9 nitrogen and oxygen atoms in total. The molecule has 1 unspecified atom stereocenters. The van der Waals surface area contributed by atoms with E-state index in [1.807, 2.05) is 0 Å². The van der Waals surface area contributed by atoms with Gasteiger partial charge < -0.3 is 25.8 Å². The van der Waals surface area contributed by atoms with Crippen LogP contribution in [0.1, 0.15) is 40.7 Å². The van der Waals surface area contributed by atoms with Crippen LogP contribution in [0, 0.1) is 18.6 Å². The molecule has 1 fully saturated rings. The quantitative estimate of drug-likeness (QED) is 0.384. The number of primary amides is 1. The molecule has 3 amide bonds. The zero-order chi connectivity index (χ0) is 24.0. The fraction of sp³-hybridized carbons (Fsp3) is 0.476. The van der Waals surface area contributed by atoms with Gasteiger partial charge in [-0.2, -0.15) is 4.37 Å². The number of nitrogens with one attached hydrogen (secondary N) is 2. The van der Waals surface area contributed by atoms with Crippen LogP contribution in [0.2, 0.25) is 0 Å². The average molecular weight is 484 g/mol. The van der Waals surface area contributed by atoms with Crippen molar-refractivity contribution in [3.8, 4) is 5.88 Å². The van der Waals surface area contributed by atoms with E-state index in [2.05, 4.69) is 19.9 Å². The van der Waals surface area contributed by atoms with Gasteiger partial charge in [-0.3, -0.25) is 10.1 Å². The van der Waals surface area contributed by atoms with Gasteiger partial charge in [0.25, 0.3) is 5.91 Å². The number of carbonyl (C=O) groups is 2. The molecule has 0 spiro atoms. The van der Waals surface area contributed by atoms with Crippen molar-refractivity contribution in [1.82, 2.24) is 14.6 Å². The largest absolute Gasteiger partial charge is 0.471 e. The molecule has 0 radical (unpaired) electrons. The Kier molecular flexibility index (Phi) is 8.53. The summed E-state index contributed by atoms with van der Waals surface area (Å²) in [5, 5.41) is 14.8. The van der Waals surface area contributed by atoms with Crippen molar-refractivity contribution in [2.75, 3.05) is 31.5 Å². The van der Waals surface area contributed by atoms with Gasteiger partial charge in [-0.25, -0.2) is 13.6 Å². The number of benzene rings is 1. The third-order valence-electron chi connectivity index (χ3n) is 5.21. The van der Waals surface area contributed by atoms with Gasteiger partial charge in [0, 0.05) is 19.6 Å². The van der Waals surface area contributed by atoms with Crippen molar-refractivity contribution in [2.24, 2.45) is 5.73 Å². The molecule has 1 atom stereocenters. The molecule has 3 rings (SSSR count). The summed E-state index contributed by atoms with van der Waals surface area (Å²) in [7, 11) is 0. The number of urea groups is 1. The highest BCUT2D eigenvalue weighted by molar-refractivity contribution is 7.11. The average Bonchev–Trinajstić information content (AvgIpc) is 3.32. The number of amides is 3. The fourth-order valence-corrected chi connectivity index (χ4v) is 4.25. The number of rotatable bonds is 10. The van der Waals surface area contributed by atoms with E-state index < -0.39 is 30.2 Å². The number of aliphatic hydroxyl groups excluding tert-OH is 1. The lowest BCUT2D eigenvalue weighted by atomic mass is 10.1. The van der Waals surface area contributed by atoms with Crippen molar-refractivity contribution < 1.29 is 28.2 Å². The molecular weight excluding hydrogens is 456 g/mol. The molecule has 0 saturated carbocycles. The van der Waals surface area contributed by atoms with Crippen molar-refractivity contribution in [3.63, 3.8) is 0 Å². The number of halogens is 2. The molecule has 1 saturated heterocycles. The second kappa shape index (κ2) is 11.3. The van der Waals surface area contributed by atoms with Crippen LogP contribution in [0.15, 0.2) is 12.1 Å². The zero-order valence-electron chi connectivity index (χ0n) is 18.2. The summed E-state index contributed by atoms with van der Waals surface area (Å²) in [4.78, 5) is 26.2. The summed E-state index contributed by atoms with van der Waals surface area (Å²) >= 11 is 0.774. The molecule has 0 aliphatic carbocycles. The normalized spacial score (nSPS) is 16.1. The van der Waals surface area contributed by atoms with Crippen LogP contribution in [0.3, 0.4) is 0 Å². The van der Waals surface area contributed by atoms with E-state index in [0.29, 0.717) is 18.7 Å². The molecular formula is C21H27F2N5O4S. The molecule has 180 valence electrons. The maximum absolute atomic E-state index is 14.0. The first-order valence-electron chi connectivity index (χ1n) is 10.6. The number of aryl methyl sites for hydroxylation is 1. The number of β-amino-alcohol motifs (C(OH)–C–C–N with tert-alkyl or cyclic N) is 1. The minimum atomic E-state index is -0.897. The number of likely N-dealkylation sites (tertiary alicyclic amines) is 1. The molecule has 5 N–H and O–H groups in total. The third kappa shape index (κ3) is 6.83. The smallest absolute Gasteiger partial charge is 0.319 e. The van der Waals surface area contributed by atoms with Crippen LogP contribution in [-0.4, -0.2) is 58.6 Å². The molecule has 12 heteroatoms. The van der Waals surface area contributed by atoms with E-state index in [9.17, 15) is 23.5 Å². The van der Waals surface area contributed by atoms with Crippen molar-refractivity contribution in [2.45, 2.75) is 38.9 Å². The fourth-order valence-electron chi connectivity index (χ4n) is 3.51. The number of ether oxygens (including phenoxy) is 1. The minimum absolute atomic E-state index is 0.0749. The van der Waals surface area contributed by atoms with E-state index in [4.69, 9.17) is 10.5 Å². The van der Waals surface area contributed by atoms with Crippen LogP contribution in [0.25, 0.3) is 0 Å². The zero-order valence-corrected chi connectivity index (χ0v) is 19.0. The molecule has 2 aromatic rings. The number of hydrogen-bond donors (Lipinski definition) is 4. The van der Waals surface area contributed by atoms with Gasteiger partial charge in [-0.05, 0) is 62.0 Å². The maximum Gasteiger partial charge on any atom is 0.319 e. The molecule has 1 aromatic carbocycles. The first kappa shape index (κ1) is 24.8. The lowest BCUT2D eigenvalue weighted by molar-refractivity contribution is 0.0996. The van der Waals surface area contributed by atoms with Crippen LogP contribution in [0.5, 0.6) is 5.88 Å². The second-order valence-corrected chi connectivity index (χ2v) is 8.66. The van der Waals surface area contributed by atoms with Crippen LogP contribution in [0.4, 0.5) is 18.6 Å². The molecule has 1 aliphatic rings. The van der Waals surface area contributed by atoms with E-state index in [-0.39, 0.29) is 28.1 Å². The highest BCUT2D eigenvalue weighted by Gasteiger charge is 2.23. The Morgan fingerprint density at radius 3 is 2.70 bits per heavy atom. The summed E-state index contributed by atoms with van der Waals surface area (Å²) in [5.74, 6) is -2.66. The Bertz CT molecular complexity index is 980. The highest BCUT2D eigenvalue weighted by atomic mass is 32.1. The monoisotopic (exact) mass is 483 g/mol. The van der Waals surface area contributed by atoms with Gasteiger partial charge in [0.05, 0.1) is 11.7 Å². The number of nitrogens with two attached hydrogens (primary N) is 1. The van der Waals surface area contributed by atoms with Gasteiger partial charge >= 0.3 is 6.03 Å². The van der Waals surface area contributed by atoms with Crippen molar-refractivity contribution in [1.29, 1.82) is 0 Å². The third-order valence-corrected chi connectivity index (χ3v) is 5.95. The molecule has 0 bridgehead atoms. The molecule has 33 heavy (non-hydrogen) atoms. The van der Waals surface area contributed by atoms with E-state index >= 15 is 0 Å². The summed E-state index contributed by atoms with van der Waals surface area (Å²) in [6, 6.07) is 1.80. The Morgan fingerprint density at radius 1 is 1.33 bits per heavy atom. The SMILES string of the molecule is Cc1cc(F)c(COc2nsc(NC(=O)NCCCCN3CCC(O)C3)c2C(N)=O)c(F)c1. The topological polar surface area (TPSA) is 130 Å². The Hall–Kier alpha value is -2.83. The number of anilines is 1. The van der Waals surface area contributed by atoms with Gasteiger partial charge in [-0.1, -0.05) is 0 Å². The van der Waals surface area contributed by atoms with Gasteiger partial charge in [0.15, 0.2) is 0 Å². The summed E-state index contributed by atoms with van der Waals surface area (Å²) in [6.07, 6.45) is 2.15. The van der Waals surface area contributed by atoms with Crippen molar-refractivity contribution >= 4 is 28.5 Å². The van der Waals surface area contributed by atoms with Gasteiger partial charge in [0.2, 0.25) is 5.88 Å². The predicted molar refractivity (Wildman–Crippen MR) is 119 cm³/mol. The van der Waals surface area contributed by atoms with Gasteiger partial charge in [-0.15, -0.1) is 0 Å². The number of unbranched alkanes of at least 4 members (excludes halogenated alkanes) is 1. The van der Waals surface area contributed by atoms with E-state index in [0.717, 1.165) is 43.9 Å². The van der Waals surface area contributed by atoms with Gasteiger partial charge in [0.1, 0.15) is 28.8 Å². The van der Waals surface area contributed by atoms with Crippen molar-refractivity contribution in [3.05, 3.63) is 40.5 Å². The summed E-state index contributed by atoms with van der Waals surface area (Å²) < 4.78 is 37.3. The standard InChI is InChI=1S/C21H27F2N5O4S/c1-12-8-15(22)14(16(23)9-12)11-32-19-17(18(24)30)20(33-27-19)26-21(31)25-5-2-3-6-28-7-4-13(29)10-28/h8-9,13,29H,2-7,10-11H2,1H3,(H2,24,30)(H2,25,26,31). The maximum atomic E-state index is 14.0. The lowest BCUT2D eigenvalue weighted by Crippen LogP contribution is -2.31. The minimum Gasteiger partial charge on any atom is -0.471 e. The lowest BCUT2D eigenvalue weighted by Gasteiger charge is -2.14. The number of carbonyl (C=O) groups excluding carboxylic acids is 2. The first-order valence-corrected chi connectivity index (χ1v) is 11.3. The summed E-state index contributed by atoms with van der Waals surface area (Å²) in [5.41, 5.74) is 5.35.